The van der Waals surface area contributed by atoms with Crippen molar-refractivity contribution in [3.8, 4) is 11.3 Å². The highest BCUT2D eigenvalue weighted by Crippen LogP contribution is 2.26. The summed E-state index contributed by atoms with van der Waals surface area (Å²) in [5.41, 5.74) is 1.42. The largest absolute Gasteiger partial charge is 0.449 e. The molecule has 0 aliphatic rings. The lowest BCUT2D eigenvalue weighted by atomic mass is 10.1. The van der Waals surface area contributed by atoms with Gasteiger partial charge in [-0.15, -0.1) is 12.6 Å². The summed E-state index contributed by atoms with van der Waals surface area (Å²) in [6.45, 7) is 0. The predicted octanol–water partition coefficient (Wildman–Crippen LogP) is 3.05. The fourth-order valence-electron chi connectivity index (χ4n) is 1.22. The second kappa shape index (κ2) is 3.72. The zero-order valence-electron chi connectivity index (χ0n) is 7.31. The topological polar surface area (TPSA) is 30.2 Å². The van der Waals surface area contributed by atoms with E-state index in [-0.39, 0.29) is 0 Å². The summed E-state index contributed by atoms with van der Waals surface area (Å²) in [7, 11) is 0. The van der Waals surface area contributed by atoms with E-state index in [2.05, 4.69) is 12.6 Å². The SMILES string of the molecule is O=Cc1cc(-c2ccccc2)oc1S. The van der Waals surface area contributed by atoms with Gasteiger partial charge in [0.25, 0.3) is 0 Å². The number of aldehydes is 1. The molecule has 14 heavy (non-hydrogen) atoms. The molecule has 0 aliphatic heterocycles. The molecule has 0 unspecified atom stereocenters. The molecule has 0 amide bonds. The fraction of sp³-hybridized carbons (Fsp3) is 0. The normalized spacial score (nSPS) is 10.1. The van der Waals surface area contributed by atoms with Crippen LogP contribution < -0.4 is 0 Å². The quantitative estimate of drug-likeness (QED) is 0.602. The zero-order valence-corrected chi connectivity index (χ0v) is 8.20. The maximum atomic E-state index is 10.6. The third kappa shape index (κ3) is 1.59. The van der Waals surface area contributed by atoms with Gasteiger partial charge in [0.1, 0.15) is 5.76 Å². The van der Waals surface area contributed by atoms with Crippen LogP contribution in [0.25, 0.3) is 11.3 Å². The van der Waals surface area contributed by atoms with Crippen LogP contribution in [0.15, 0.2) is 45.9 Å². The first-order chi connectivity index (χ1) is 6.81. The molecule has 0 N–H and O–H groups in total. The first-order valence-corrected chi connectivity index (χ1v) is 4.59. The van der Waals surface area contributed by atoms with Gasteiger partial charge in [0.15, 0.2) is 11.4 Å². The second-order valence-corrected chi connectivity index (χ2v) is 3.26. The van der Waals surface area contributed by atoms with Gasteiger partial charge in [-0.2, -0.15) is 0 Å². The molecule has 3 heteroatoms. The molecule has 0 aliphatic carbocycles. The Morgan fingerprint density at radius 2 is 1.93 bits per heavy atom. The highest BCUT2D eigenvalue weighted by Gasteiger charge is 2.08. The van der Waals surface area contributed by atoms with E-state index in [9.17, 15) is 4.79 Å². The van der Waals surface area contributed by atoms with E-state index in [4.69, 9.17) is 4.42 Å². The summed E-state index contributed by atoms with van der Waals surface area (Å²) in [4.78, 5) is 10.6. The van der Waals surface area contributed by atoms with E-state index >= 15 is 0 Å². The molecule has 1 aromatic heterocycles. The Labute approximate surface area is 87.0 Å². The summed E-state index contributed by atoms with van der Waals surface area (Å²) in [6.07, 6.45) is 0.734. The lowest BCUT2D eigenvalue weighted by Gasteiger charge is -1.93. The fourth-order valence-corrected chi connectivity index (χ4v) is 1.44. The van der Waals surface area contributed by atoms with Crippen molar-refractivity contribution in [1.82, 2.24) is 0 Å². The highest BCUT2D eigenvalue weighted by atomic mass is 32.1. The van der Waals surface area contributed by atoms with Crippen molar-refractivity contribution < 1.29 is 9.21 Å². The molecule has 2 nitrogen and oxygen atoms in total. The molecular formula is C11H8O2S. The van der Waals surface area contributed by atoms with Gasteiger partial charge in [0, 0.05) is 5.56 Å². The van der Waals surface area contributed by atoms with Crippen LogP contribution >= 0.6 is 12.6 Å². The van der Waals surface area contributed by atoms with Gasteiger partial charge >= 0.3 is 0 Å². The molecule has 0 atom stereocenters. The average molecular weight is 204 g/mol. The van der Waals surface area contributed by atoms with Gasteiger partial charge in [0.2, 0.25) is 0 Å². The van der Waals surface area contributed by atoms with Crippen LogP contribution in [-0.4, -0.2) is 6.29 Å². The standard InChI is InChI=1S/C11H8O2S/c12-7-9-6-10(13-11(9)14)8-4-2-1-3-5-8/h1-7,14H. The van der Waals surface area contributed by atoms with Crippen molar-refractivity contribution in [3.05, 3.63) is 42.0 Å². The summed E-state index contributed by atoms with van der Waals surface area (Å²) in [5.74, 6) is 0.665. The molecule has 0 saturated carbocycles. The number of carbonyl (C=O) groups is 1. The molecule has 2 aromatic rings. The van der Waals surface area contributed by atoms with Gasteiger partial charge < -0.3 is 4.42 Å². The summed E-state index contributed by atoms with van der Waals surface area (Å²) in [5, 5.41) is 0.360. The van der Waals surface area contributed by atoms with Crippen LogP contribution in [0, 0.1) is 0 Å². The maximum Gasteiger partial charge on any atom is 0.168 e. The van der Waals surface area contributed by atoms with Gasteiger partial charge in [-0.05, 0) is 6.07 Å². The van der Waals surface area contributed by atoms with E-state index in [1.54, 1.807) is 6.07 Å². The number of hydrogen-bond donors (Lipinski definition) is 1. The molecule has 70 valence electrons. The third-order valence-electron chi connectivity index (χ3n) is 1.93. The van der Waals surface area contributed by atoms with Crippen molar-refractivity contribution in [2.45, 2.75) is 5.09 Å². The van der Waals surface area contributed by atoms with E-state index in [0.29, 0.717) is 16.4 Å². The van der Waals surface area contributed by atoms with E-state index in [0.717, 1.165) is 11.8 Å². The Hall–Kier alpha value is -1.48. The molecule has 2 rings (SSSR count). The Kier molecular flexibility index (Phi) is 2.41. The van der Waals surface area contributed by atoms with Gasteiger partial charge in [-0.25, -0.2) is 0 Å². The minimum Gasteiger partial charge on any atom is -0.449 e. The molecule has 0 radical (unpaired) electrons. The van der Waals surface area contributed by atoms with Crippen LogP contribution in [-0.2, 0) is 0 Å². The van der Waals surface area contributed by atoms with Crippen molar-refractivity contribution >= 4 is 18.9 Å². The summed E-state index contributed by atoms with van der Waals surface area (Å²) in [6, 6.07) is 11.3. The Balaban J connectivity index is 2.48. The molecule has 1 heterocycles. The van der Waals surface area contributed by atoms with E-state index < -0.39 is 0 Å². The lowest BCUT2D eigenvalue weighted by Crippen LogP contribution is -1.72. The number of rotatable bonds is 2. The van der Waals surface area contributed by atoms with Crippen molar-refractivity contribution in [2.24, 2.45) is 0 Å². The Bertz CT molecular complexity index is 446. The average Bonchev–Trinajstić information content (AvgIpc) is 2.61. The number of benzene rings is 1. The Morgan fingerprint density at radius 1 is 1.21 bits per heavy atom. The number of thiol groups is 1. The zero-order chi connectivity index (χ0) is 9.97. The van der Waals surface area contributed by atoms with Crippen LogP contribution in [0.4, 0.5) is 0 Å². The third-order valence-corrected chi connectivity index (χ3v) is 2.27. The summed E-state index contributed by atoms with van der Waals surface area (Å²) < 4.78 is 5.32. The van der Waals surface area contributed by atoms with Gasteiger partial charge in [-0.1, -0.05) is 30.3 Å². The number of carbonyl (C=O) groups excluding carboxylic acids is 1. The van der Waals surface area contributed by atoms with Crippen LogP contribution in [0.5, 0.6) is 0 Å². The molecule has 0 bridgehead atoms. The summed E-state index contributed by atoms with van der Waals surface area (Å²) >= 11 is 4.05. The lowest BCUT2D eigenvalue weighted by molar-refractivity contribution is 0.111. The first kappa shape index (κ1) is 9.09. The minimum atomic E-state index is 0.360. The van der Waals surface area contributed by atoms with E-state index in [1.807, 2.05) is 30.3 Å². The van der Waals surface area contributed by atoms with Crippen molar-refractivity contribution in [2.75, 3.05) is 0 Å². The van der Waals surface area contributed by atoms with Crippen LogP contribution in [0.3, 0.4) is 0 Å². The van der Waals surface area contributed by atoms with Crippen molar-refractivity contribution in [3.63, 3.8) is 0 Å². The smallest absolute Gasteiger partial charge is 0.168 e. The van der Waals surface area contributed by atoms with Crippen molar-refractivity contribution in [1.29, 1.82) is 0 Å². The molecule has 0 saturated heterocycles. The molecular weight excluding hydrogens is 196 g/mol. The predicted molar refractivity (Wildman–Crippen MR) is 56.8 cm³/mol. The highest BCUT2D eigenvalue weighted by molar-refractivity contribution is 7.80. The first-order valence-electron chi connectivity index (χ1n) is 4.14. The molecule has 1 aromatic carbocycles. The number of furan rings is 1. The monoisotopic (exact) mass is 204 g/mol. The van der Waals surface area contributed by atoms with Gasteiger partial charge in [0.05, 0.1) is 5.56 Å². The van der Waals surface area contributed by atoms with Crippen LogP contribution in [0.1, 0.15) is 10.4 Å². The maximum absolute atomic E-state index is 10.6. The van der Waals surface area contributed by atoms with Crippen LogP contribution in [0.2, 0.25) is 0 Å². The second-order valence-electron chi connectivity index (χ2n) is 2.86. The van der Waals surface area contributed by atoms with Gasteiger partial charge in [-0.3, -0.25) is 4.79 Å². The minimum absolute atomic E-state index is 0.360. The number of hydrogen-bond acceptors (Lipinski definition) is 3. The van der Waals surface area contributed by atoms with E-state index in [1.165, 1.54) is 0 Å². The Morgan fingerprint density at radius 3 is 2.50 bits per heavy atom. The molecule has 0 fully saturated rings. The molecule has 0 spiro atoms.